The van der Waals surface area contributed by atoms with Gasteiger partial charge in [0.1, 0.15) is 11.5 Å². The van der Waals surface area contributed by atoms with Crippen LogP contribution in [0.5, 0.6) is 0 Å². The molecule has 1 fully saturated rings. The summed E-state index contributed by atoms with van der Waals surface area (Å²) in [5.41, 5.74) is 1.68. The second-order valence-electron chi connectivity index (χ2n) is 7.63. The minimum Gasteiger partial charge on any atom is -0.339 e. The molecule has 7 heteroatoms. The first kappa shape index (κ1) is 20.2. The number of benzene rings is 1. The Bertz CT molecular complexity index is 953. The molecule has 0 saturated heterocycles. The molecule has 2 aromatic heterocycles. The number of pyridine rings is 1. The van der Waals surface area contributed by atoms with E-state index in [1.165, 1.54) is 12.1 Å². The third-order valence-electron chi connectivity index (χ3n) is 5.56. The van der Waals surface area contributed by atoms with Crippen molar-refractivity contribution in [2.45, 2.75) is 51.0 Å². The van der Waals surface area contributed by atoms with E-state index in [-0.39, 0.29) is 17.8 Å². The highest BCUT2D eigenvalue weighted by molar-refractivity contribution is 5.76. The monoisotopic (exact) mass is 408 g/mol. The first-order valence-corrected chi connectivity index (χ1v) is 10.5. The van der Waals surface area contributed by atoms with Crippen LogP contribution in [0.2, 0.25) is 0 Å². The zero-order valence-corrected chi connectivity index (χ0v) is 16.8. The average molecular weight is 408 g/mol. The third-order valence-corrected chi connectivity index (χ3v) is 5.56. The molecule has 0 radical (unpaired) electrons. The van der Waals surface area contributed by atoms with E-state index in [1.807, 2.05) is 23.1 Å². The summed E-state index contributed by atoms with van der Waals surface area (Å²) in [7, 11) is 0. The number of hydrogen-bond donors (Lipinski definition) is 0. The molecule has 0 aliphatic heterocycles. The van der Waals surface area contributed by atoms with Crippen LogP contribution in [0.1, 0.15) is 43.6 Å². The Morgan fingerprint density at radius 3 is 2.63 bits per heavy atom. The quantitative estimate of drug-likeness (QED) is 0.558. The SMILES string of the molecule is O=C(CCc1nc(-c2ccccn2)no1)N(CCc1ccc(F)cc1)C1CCCC1. The Balaban J connectivity index is 1.37. The number of carbonyl (C=O) groups is 1. The van der Waals surface area contributed by atoms with Crippen molar-refractivity contribution >= 4 is 5.91 Å². The summed E-state index contributed by atoms with van der Waals surface area (Å²) < 4.78 is 18.5. The topological polar surface area (TPSA) is 72.1 Å². The molecule has 1 amide bonds. The van der Waals surface area contributed by atoms with Gasteiger partial charge in [0.2, 0.25) is 17.6 Å². The summed E-state index contributed by atoms with van der Waals surface area (Å²) >= 11 is 0. The summed E-state index contributed by atoms with van der Waals surface area (Å²) in [5, 5.41) is 3.97. The lowest BCUT2D eigenvalue weighted by atomic mass is 10.1. The first-order chi connectivity index (χ1) is 14.7. The van der Waals surface area contributed by atoms with Crippen LogP contribution < -0.4 is 0 Å². The van der Waals surface area contributed by atoms with Crippen LogP contribution in [0.15, 0.2) is 53.2 Å². The fraction of sp³-hybridized carbons (Fsp3) is 0.391. The molecular formula is C23H25FN4O2. The summed E-state index contributed by atoms with van der Waals surface area (Å²) in [4.78, 5) is 23.6. The van der Waals surface area contributed by atoms with Crippen LogP contribution in [0, 0.1) is 5.82 Å². The minimum atomic E-state index is -0.243. The second-order valence-corrected chi connectivity index (χ2v) is 7.63. The molecule has 0 atom stereocenters. The van der Waals surface area contributed by atoms with Gasteiger partial charge in [-0.25, -0.2) is 4.39 Å². The van der Waals surface area contributed by atoms with Crippen molar-refractivity contribution < 1.29 is 13.7 Å². The van der Waals surface area contributed by atoms with Gasteiger partial charge >= 0.3 is 0 Å². The van der Waals surface area contributed by atoms with E-state index in [0.717, 1.165) is 31.2 Å². The Morgan fingerprint density at radius 2 is 1.90 bits per heavy atom. The Kier molecular flexibility index (Phi) is 6.47. The molecule has 1 saturated carbocycles. The maximum atomic E-state index is 13.1. The summed E-state index contributed by atoms with van der Waals surface area (Å²) in [6.45, 7) is 0.637. The molecule has 0 bridgehead atoms. The molecule has 0 unspecified atom stereocenters. The van der Waals surface area contributed by atoms with E-state index in [4.69, 9.17) is 4.52 Å². The molecule has 4 rings (SSSR count). The summed E-state index contributed by atoms with van der Waals surface area (Å²) in [6.07, 6.45) is 7.51. The lowest BCUT2D eigenvalue weighted by Gasteiger charge is -2.29. The van der Waals surface area contributed by atoms with Gasteiger partial charge in [-0.1, -0.05) is 36.2 Å². The zero-order valence-electron chi connectivity index (χ0n) is 16.8. The molecule has 30 heavy (non-hydrogen) atoms. The third kappa shape index (κ3) is 5.09. The number of halogens is 1. The molecule has 1 aliphatic rings. The van der Waals surface area contributed by atoms with Gasteiger partial charge in [0.25, 0.3) is 0 Å². The van der Waals surface area contributed by atoms with Crippen molar-refractivity contribution in [1.82, 2.24) is 20.0 Å². The van der Waals surface area contributed by atoms with E-state index in [2.05, 4.69) is 15.1 Å². The predicted octanol–water partition coefficient (Wildman–Crippen LogP) is 4.22. The van der Waals surface area contributed by atoms with Gasteiger partial charge in [-0.15, -0.1) is 0 Å². The van der Waals surface area contributed by atoms with E-state index in [1.54, 1.807) is 18.3 Å². The molecule has 2 heterocycles. The standard InChI is InChI=1S/C23H25FN4O2/c24-18-10-8-17(9-11-18)14-16-28(19-5-1-2-6-19)22(29)13-12-21-26-23(27-30-21)20-7-3-4-15-25-20/h3-4,7-11,15,19H,1-2,5-6,12-14,16H2. The fourth-order valence-corrected chi connectivity index (χ4v) is 3.94. The van der Waals surface area contributed by atoms with Crippen molar-refractivity contribution in [3.8, 4) is 11.5 Å². The van der Waals surface area contributed by atoms with Crippen molar-refractivity contribution in [2.24, 2.45) is 0 Å². The second kappa shape index (κ2) is 9.61. The van der Waals surface area contributed by atoms with Crippen LogP contribution in [-0.4, -0.2) is 38.5 Å². The number of amides is 1. The summed E-state index contributed by atoms with van der Waals surface area (Å²) in [5.74, 6) is 0.726. The molecule has 0 N–H and O–H groups in total. The van der Waals surface area contributed by atoms with E-state index >= 15 is 0 Å². The van der Waals surface area contributed by atoms with Gasteiger partial charge in [-0.05, 0) is 49.1 Å². The predicted molar refractivity (Wildman–Crippen MR) is 110 cm³/mol. The number of aromatic nitrogens is 3. The van der Waals surface area contributed by atoms with Crippen molar-refractivity contribution in [1.29, 1.82) is 0 Å². The Hall–Kier alpha value is -3.09. The van der Waals surface area contributed by atoms with Crippen LogP contribution >= 0.6 is 0 Å². The minimum absolute atomic E-state index is 0.0987. The van der Waals surface area contributed by atoms with Gasteiger partial charge in [0.15, 0.2) is 0 Å². The average Bonchev–Trinajstić information content (AvgIpc) is 3.47. The van der Waals surface area contributed by atoms with Crippen molar-refractivity contribution in [3.63, 3.8) is 0 Å². The van der Waals surface area contributed by atoms with E-state index in [0.29, 0.717) is 43.2 Å². The van der Waals surface area contributed by atoms with E-state index < -0.39 is 0 Å². The van der Waals surface area contributed by atoms with Crippen molar-refractivity contribution in [3.05, 3.63) is 65.9 Å². The molecule has 1 aromatic carbocycles. The highest BCUT2D eigenvalue weighted by Gasteiger charge is 2.26. The molecule has 3 aromatic rings. The lowest BCUT2D eigenvalue weighted by molar-refractivity contribution is -0.133. The number of aryl methyl sites for hydroxylation is 1. The normalized spacial score (nSPS) is 14.2. The lowest BCUT2D eigenvalue weighted by Crippen LogP contribution is -2.40. The summed E-state index contributed by atoms with van der Waals surface area (Å²) in [6, 6.07) is 12.3. The fourth-order valence-electron chi connectivity index (χ4n) is 3.94. The Labute approximate surface area is 175 Å². The molecule has 1 aliphatic carbocycles. The maximum Gasteiger partial charge on any atom is 0.227 e. The number of nitrogens with zero attached hydrogens (tertiary/aromatic N) is 4. The smallest absolute Gasteiger partial charge is 0.227 e. The molecular weight excluding hydrogens is 383 g/mol. The number of rotatable bonds is 8. The first-order valence-electron chi connectivity index (χ1n) is 10.5. The number of hydrogen-bond acceptors (Lipinski definition) is 5. The highest BCUT2D eigenvalue weighted by Crippen LogP contribution is 2.25. The molecule has 156 valence electrons. The van der Waals surface area contributed by atoms with Crippen LogP contribution in [0.25, 0.3) is 11.5 Å². The van der Waals surface area contributed by atoms with Gasteiger partial charge < -0.3 is 9.42 Å². The van der Waals surface area contributed by atoms with Gasteiger partial charge in [0, 0.05) is 31.6 Å². The van der Waals surface area contributed by atoms with Gasteiger partial charge in [-0.3, -0.25) is 9.78 Å². The van der Waals surface area contributed by atoms with Gasteiger partial charge in [0.05, 0.1) is 0 Å². The Morgan fingerprint density at radius 1 is 1.10 bits per heavy atom. The largest absolute Gasteiger partial charge is 0.339 e. The molecule has 6 nitrogen and oxygen atoms in total. The van der Waals surface area contributed by atoms with Crippen LogP contribution in [-0.2, 0) is 17.6 Å². The zero-order chi connectivity index (χ0) is 20.8. The van der Waals surface area contributed by atoms with Crippen LogP contribution in [0.3, 0.4) is 0 Å². The van der Waals surface area contributed by atoms with Crippen LogP contribution in [0.4, 0.5) is 4.39 Å². The highest BCUT2D eigenvalue weighted by atomic mass is 19.1. The van der Waals surface area contributed by atoms with Gasteiger partial charge in [-0.2, -0.15) is 4.98 Å². The van der Waals surface area contributed by atoms with E-state index in [9.17, 15) is 9.18 Å². The molecule has 0 spiro atoms. The maximum absolute atomic E-state index is 13.1. The van der Waals surface area contributed by atoms with Crippen molar-refractivity contribution in [2.75, 3.05) is 6.54 Å². The number of carbonyl (C=O) groups excluding carboxylic acids is 1.